The Balaban J connectivity index is 1.60. The molecule has 1 amide bonds. The van der Waals surface area contributed by atoms with Gasteiger partial charge in [-0.2, -0.15) is 0 Å². The summed E-state index contributed by atoms with van der Waals surface area (Å²) in [6.45, 7) is 2.16. The van der Waals surface area contributed by atoms with Gasteiger partial charge in [0, 0.05) is 12.7 Å². The average Bonchev–Trinajstić information content (AvgIpc) is 2.78. The molecule has 8 heteroatoms. The number of benzene rings is 2. The summed E-state index contributed by atoms with van der Waals surface area (Å²) < 4.78 is 14.5. The minimum atomic E-state index is -0.323. The quantitative estimate of drug-likeness (QED) is 0.370. The zero-order valence-corrected chi connectivity index (χ0v) is 17.5. The van der Waals surface area contributed by atoms with E-state index >= 15 is 0 Å². The van der Waals surface area contributed by atoms with Gasteiger partial charge in [-0.15, -0.1) is 0 Å². The summed E-state index contributed by atoms with van der Waals surface area (Å²) in [4.78, 5) is 34.6. The van der Waals surface area contributed by atoms with Crippen molar-refractivity contribution in [1.29, 1.82) is 0 Å². The second-order valence-corrected chi connectivity index (χ2v) is 7.83. The van der Waals surface area contributed by atoms with E-state index in [2.05, 4.69) is 15.3 Å². The van der Waals surface area contributed by atoms with E-state index in [1.54, 1.807) is 42.6 Å². The smallest absolute Gasteiger partial charge is 0.267 e. The molecule has 2 aromatic heterocycles. The zero-order chi connectivity index (χ0) is 21.8. The standard InChI is InChI=1S/C23H19FN4O2S/c1-15-5-4-12-25-21(15)28-22(30)18-6-2-3-7-19(18)27-23(28)31-14-20(29)26-13-16-8-10-17(24)11-9-16/h2-12H,13-14H2,1H3,(H,26,29). The Hall–Kier alpha value is -3.52. The number of thioether (sulfide) groups is 1. The van der Waals surface area contributed by atoms with Crippen LogP contribution in [0.5, 0.6) is 0 Å². The molecule has 0 fully saturated rings. The Labute approximate surface area is 182 Å². The van der Waals surface area contributed by atoms with Crippen LogP contribution in [0, 0.1) is 12.7 Å². The monoisotopic (exact) mass is 434 g/mol. The largest absolute Gasteiger partial charge is 0.351 e. The van der Waals surface area contributed by atoms with Crippen LogP contribution >= 0.6 is 11.8 Å². The van der Waals surface area contributed by atoms with E-state index in [1.807, 2.05) is 19.1 Å². The maximum atomic E-state index is 13.2. The maximum Gasteiger partial charge on any atom is 0.267 e. The molecule has 0 aliphatic heterocycles. The molecule has 31 heavy (non-hydrogen) atoms. The van der Waals surface area contributed by atoms with Crippen LogP contribution in [-0.2, 0) is 11.3 Å². The number of halogens is 1. The summed E-state index contributed by atoms with van der Waals surface area (Å²) in [5.74, 6) is 0.00880. The van der Waals surface area contributed by atoms with Gasteiger partial charge in [-0.25, -0.2) is 18.9 Å². The molecule has 0 saturated heterocycles. The third-order valence-corrected chi connectivity index (χ3v) is 5.61. The fourth-order valence-electron chi connectivity index (χ4n) is 3.09. The molecule has 0 saturated carbocycles. The van der Waals surface area contributed by atoms with Crippen molar-refractivity contribution < 1.29 is 9.18 Å². The minimum absolute atomic E-state index is 0.0673. The molecule has 0 atom stereocenters. The first kappa shape index (κ1) is 20.7. The number of carbonyl (C=O) groups is 1. The van der Waals surface area contributed by atoms with Crippen LogP contribution in [0.1, 0.15) is 11.1 Å². The highest BCUT2D eigenvalue weighted by atomic mass is 32.2. The van der Waals surface area contributed by atoms with Gasteiger partial charge in [0.1, 0.15) is 11.6 Å². The first-order chi connectivity index (χ1) is 15.0. The van der Waals surface area contributed by atoms with Gasteiger partial charge in [-0.1, -0.05) is 42.1 Å². The number of carbonyl (C=O) groups excluding carboxylic acids is 1. The number of pyridine rings is 1. The number of hydrogen-bond acceptors (Lipinski definition) is 5. The molecule has 4 aromatic rings. The van der Waals surface area contributed by atoms with Gasteiger partial charge in [0.25, 0.3) is 5.56 Å². The topological polar surface area (TPSA) is 76.9 Å². The fraction of sp³-hybridized carbons (Fsp3) is 0.130. The molecule has 6 nitrogen and oxygen atoms in total. The van der Waals surface area contributed by atoms with E-state index in [9.17, 15) is 14.0 Å². The van der Waals surface area contributed by atoms with Crippen molar-refractivity contribution >= 4 is 28.6 Å². The predicted octanol–water partition coefficient (Wildman–Crippen LogP) is 3.64. The van der Waals surface area contributed by atoms with Gasteiger partial charge in [-0.05, 0) is 48.4 Å². The molecule has 2 aromatic carbocycles. The van der Waals surface area contributed by atoms with Crippen LogP contribution in [0.4, 0.5) is 4.39 Å². The van der Waals surface area contributed by atoms with Gasteiger partial charge in [0.05, 0.1) is 16.7 Å². The second kappa shape index (κ2) is 9.09. The van der Waals surface area contributed by atoms with Crippen molar-refractivity contribution in [3.05, 3.63) is 94.2 Å². The highest BCUT2D eigenvalue weighted by Crippen LogP contribution is 2.21. The van der Waals surface area contributed by atoms with Gasteiger partial charge in [0.15, 0.2) is 5.16 Å². The van der Waals surface area contributed by atoms with Gasteiger partial charge in [-0.3, -0.25) is 9.59 Å². The Morgan fingerprint density at radius 1 is 1.10 bits per heavy atom. The molecule has 0 aliphatic carbocycles. The van der Waals surface area contributed by atoms with E-state index in [1.165, 1.54) is 28.5 Å². The van der Waals surface area contributed by atoms with Gasteiger partial charge in [0.2, 0.25) is 5.91 Å². The number of nitrogens with zero attached hydrogens (tertiary/aromatic N) is 3. The first-order valence-corrected chi connectivity index (χ1v) is 10.6. The number of aryl methyl sites for hydroxylation is 1. The molecule has 0 bridgehead atoms. The van der Waals surface area contributed by atoms with Crippen LogP contribution in [0.2, 0.25) is 0 Å². The van der Waals surface area contributed by atoms with E-state index in [0.717, 1.165) is 11.1 Å². The number of nitrogens with one attached hydrogen (secondary N) is 1. The lowest BCUT2D eigenvalue weighted by Crippen LogP contribution is -2.26. The van der Waals surface area contributed by atoms with Crippen molar-refractivity contribution in [2.75, 3.05) is 5.75 Å². The molecule has 0 spiro atoms. The summed E-state index contributed by atoms with van der Waals surface area (Å²) >= 11 is 1.17. The lowest BCUT2D eigenvalue weighted by atomic mass is 10.2. The summed E-state index contributed by atoms with van der Waals surface area (Å²) in [6, 6.07) is 16.7. The minimum Gasteiger partial charge on any atom is -0.351 e. The van der Waals surface area contributed by atoms with Crippen molar-refractivity contribution in [2.24, 2.45) is 0 Å². The summed E-state index contributed by atoms with van der Waals surface area (Å²) in [7, 11) is 0. The van der Waals surface area contributed by atoms with Crippen molar-refractivity contribution in [1.82, 2.24) is 19.9 Å². The Morgan fingerprint density at radius 2 is 1.87 bits per heavy atom. The second-order valence-electron chi connectivity index (χ2n) is 6.89. The highest BCUT2D eigenvalue weighted by molar-refractivity contribution is 7.99. The lowest BCUT2D eigenvalue weighted by Gasteiger charge is -2.14. The van der Waals surface area contributed by atoms with E-state index < -0.39 is 0 Å². The number of rotatable bonds is 6. The van der Waals surface area contributed by atoms with Crippen LogP contribution < -0.4 is 10.9 Å². The van der Waals surface area contributed by atoms with Crippen LogP contribution in [0.25, 0.3) is 16.7 Å². The molecule has 1 N–H and O–H groups in total. The average molecular weight is 434 g/mol. The molecular formula is C23H19FN4O2S. The molecule has 156 valence electrons. The van der Waals surface area contributed by atoms with E-state index in [-0.39, 0.29) is 29.6 Å². The molecule has 2 heterocycles. The normalized spacial score (nSPS) is 10.9. The number of fused-ring (bicyclic) bond motifs is 1. The SMILES string of the molecule is Cc1cccnc1-n1c(SCC(=O)NCc2ccc(F)cc2)nc2ccccc2c1=O. The summed E-state index contributed by atoms with van der Waals surface area (Å²) in [6.07, 6.45) is 1.62. The van der Waals surface area contributed by atoms with E-state index in [4.69, 9.17) is 0 Å². The number of amides is 1. The predicted molar refractivity (Wildman–Crippen MR) is 119 cm³/mol. The van der Waals surface area contributed by atoms with E-state index in [0.29, 0.717) is 21.9 Å². The van der Waals surface area contributed by atoms with Gasteiger partial charge < -0.3 is 5.32 Å². The first-order valence-electron chi connectivity index (χ1n) is 9.60. The van der Waals surface area contributed by atoms with Crippen LogP contribution in [-0.4, -0.2) is 26.2 Å². The van der Waals surface area contributed by atoms with Crippen LogP contribution in [0.15, 0.2) is 76.8 Å². The lowest BCUT2D eigenvalue weighted by molar-refractivity contribution is -0.118. The van der Waals surface area contributed by atoms with Crippen molar-refractivity contribution in [3.63, 3.8) is 0 Å². The third-order valence-electron chi connectivity index (χ3n) is 4.67. The summed E-state index contributed by atoms with van der Waals surface area (Å²) in [5, 5.41) is 3.67. The number of aromatic nitrogens is 3. The molecule has 0 unspecified atom stereocenters. The van der Waals surface area contributed by atoms with Crippen molar-refractivity contribution in [3.8, 4) is 5.82 Å². The zero-order valence-electron chi connectivity index (χ0n) is 16.7. The van der Waals surface area contributed by atoms with Gasteiger partial charge >= 0.3 is 0 Å². The van der Waals surface area contributed by atoms with Crippen LogP contribution in [0.3, 0.4) is 0 Å². The maximum absolute atomic E-state index is 13.2. The molecule has 0 radical (unpaired) electrons. The van der Waals surface area contributed by atoms with Crippen molar-refractivity contribution in [2.45, 2.75) is 18.6 Å². The number of para-hydroxylation sites is 1. The number of hydrogen-bond donors (Lipinski definition) is 1. The fourth-order valence-corrected chi connectivity index (χ4v) is 3.92. The molecule has 4 rings (SSSR count). The Morgan fingerprint density at radius 3 is 2.65 bits per heavy atom. The Kier molecular flexibility index (Phi) is 6.08. The molecule has 0 aliphatic rings. The summed E-state index contributed by atoms with van der Waals surface area (Å²) in [5.41, 5.74) is 1.95. The highest BCUT2D eigenvalue weighted by Gasteiger charge is 2.16. The molecular weight excluding hydrogens is 415 g/mol. The Bertz CT molecular complexity index is 1310. The third kappa shape index (κ3) is 4.64.